The number of rotatable bonds is 3. The third-order valence-electron chi connectivity index (χ3n) is 3.02. The van der Waals surface area contributed by atoms with Gasteiger partial charge in [0.1, 0.15) is 0 Å². The zero-order chi connectivity index (χ0) is 14.1. The van der Waals surface area contributed by atoms with Gasteiger partial charge >= 0.3 is 0 Å². The van der Waals surface area contributed by atoms with Gasteiger partial charge in [0.05, 0.1) is 9.35 Å². The molecule has 1 aromatic heterocycles. The van der Waals surface area contributed by atoms with Gasteiger partial charge in [-0.1, -0.05) is 6.07 Å². The van der Waals surface area contributed by atoms with Crippen LogP contribution in [0.4, 0.5) is 0 Å². The summed E-state index contributed by atoms with van der Waals surface area (Å²) in [5.74, 6) is 1.50. The van der Waals surface area contributed by atoms with Crippen LogP contribution < -0.4 is 9.47 Å². The molecule has 2 heterocycles. The highest BCUT2D eigenvalue weighted by Gasteiger charge is 2.17. The molecule has 20 heavy (non-hydrogen) atoms. The summed E-state index contributed by atoms with van der Waals surface area (Å²) >= 11 is 4.87. The van der Waals surface area contributed by atoms with Crippen LogP contribution in [0.5, 0.6) is 11.5 Å². The zero-order valence-corrected chi connectivity index (χ0v) is 13.2. The molecule has 1 aliphatic rings. The van der Waals surface area contributed by atoms with Gasteiger partial charge < -0.3 is 14.4 Å². The molecule has 0 aliphatic carbocycles. The second-order valence-corrected chi connectivity index (χ2v) is 6.78. The van der Waals surface area contributed by atoms with Crippen molar-refractivity contribution in [3.8, 4) is 11.5 Å². The van der Waals surface area contributed by atoms with Gasteiger partial charge in [0, 0.05) is 19.0 Å². The summed E-state index contributed by atoms with van der Waals surface area (Å²) in [6.45, 7) is 0.791. The van der Waals surface area contributed by atoms with E-state index in [0.717, 1.165) is 20.8 Å². The fourth-order valence-corrected chi connectivity index (χ4v) is 3.16. The monoisotopic (exact) mass is 353 g/mol. The standard InChI is InChI=1S/C14H12BrNO3S/c1-16(14(17)10-5-13(15)20-7-10)6-9-2-3-11-12(4-9)19-8-18-11/h2-5,7H,6,8H2,1H3. The van der Waals surface area contributed by atoms with E-state index in [2.05, 4.69) is 15.9 Å². The fraction of sp³-hybridized carbons (Fsp3) is 0.214. The summed E-state index contributed by atoms with van der Waals surface area (Å²) in [6, 6.07) is 7.57. The molecule has 0 saturated carbocycles. The van der Waals surface area contributed by atoms with Crippen molar-refractivity contribution >= 4 is 33.2 Å². The molecule has 2 aromatic rings. The van der Waals surface area contributed by atoms with Crippen LogP contribution in [0.3, 0.4) is 0 Å². The molecule has 0 unspecified atom stereocenters. The average Bonchev–Trinajstić information content (AvgIpc) is 3.05. The average molecular weight is 354 g/mol. The maximum absolute atomic E-state index is 12.3. The number of nitrogens with zero attached hydrogens (tertiary/aromatic N) is 1. The minimum Gasteiger partial charge on any atom is -0.454 e. The third kappa shape index (κ3) is 2.66. The number of carbonyl (C=O) groups excluding carboxylic acids is 1. The molecule has 0 atom stereocenters. The number of ether oxygens (including phenoxy) is 2. The van der Waals surface area contributed by atoms with E-state index in [0.29, 0.717) is 12.1 Å². The lowest BCUT2D eigenvalue weighted by molar-refractivity contribution is 0.0785. The van der Waals surface area contributed by atoms with Crippen molar-refractivity contribution in [2.24, 2.45) is 0 Å². The van der Waals surface area contributed by atoms with Crippen LogP contribution in [-0.2, 0) is 6.54 Å². The molecular weight excluding hydrogens is 342 g/mol. The maximum Gasteiger partial charge on any atom is 0.254 e. The predicted octanol–water partition coefficient (Wildman–Crippen LogP) is 3.51. The molecule has 0 saturated heterocycles. The number of thiophene rings is 1. The lowest BCUT2D eigenvalue weighted by Gasteiger charge is -2.16. The quantitative estimate of drug-likeness (QED) is 0.847. The molecule has 1 amide bonds. The molecule has 1 aliphatic heterocycles. The Balaban J connectivity index is 1.72. The zero-order valence-electron chi connectivity index (χ0n) is 10.8. The second kappa shape index (κ2) is 5.46. The minimum atomic E-state index is 0.00427. The van der Waals surface area contributed by atoms with Crippen LogP contribution in [0.25, 0.3) is 0 Å². The van der Waals surface area contributed by atoms with E-state index in [1.54, 1.807) is 11.9 Å². The van der Waals surface area contributed by atoms with E-state index in [9.17, 15) is 4.79 Å². The van der Waals surface area contributed by atoms with E-state index in [1.165, 1.54) is 11.3 Å². The number of hydrogen-bond donors (Lipinski definition) is 0. The van der Waals surface area contributed by atoms with Gasteiger partial charge in [-0.3, -0.25) is 4.79 Å². The Morgan fingerprint density at radius 3 is 2.90 bits per heavy atom. The van der Waals surface area contributed by atoms with E-state index < -0.39 is 0 Å². The summed E-state index contributed by atoms with van der Waals surface area (Å²) in [7, 11) is 1.79. The molecule has 3 rings (SSSR count). The van der Waals surface area contributed by atoms with Crippen LogP contribution in [-0.4, -0.2) is 24.6 Å². The highest BCUT2D eigenvalue weighted by atomic mass is 79.9. The molecule has 0 bridgehead atoms. The first-order valence-corrected chi connectivity index (χ1v) is 7.69. The first-order valence-electron chi connectivity index (χ1n) is 6.01. The Morgan fingerprint density at radius 1 is 1.35 bits per heavy atom. The smallest absolute Gasteiger partial charge is 0.254 e. The molecule has 1 aromatic carbocycles. The van der Waals surface area contributed by atoms with Crippen molar-refractivity contribution in [2.75, 3.05) is 13.8 Å². The second-order valence-electron chi connectivity index (χ2n) is 4.49. The van der Waals surface area contributed by atoms with Crippen LogP contribution in [0, 0.1) is 0 Å². The minimum absolute atomic E-state index is 0.00427. The lowest BCUT2D eigenvalue weighted by atomic mass is 10.2. The number of benzene rings is 1. The van der Waals surface area contributed by atoms with Crippen molar-refractivity contribution in [1.82, 2.24) is 4.90 Å². The number of carbonyl (C=O) groups is 1. The van der Waals surface area contributed by atoms with Crippen LogP contribution >= 0.6 is 27.3 Å². The van der Waals surface area contributed by atoms with Crippen LogP contribution in [0.1, 0.15) is 15.9 Å². The molecule has 0 N–H and O–H groups in total. The summed E-state index contributed by atoms with van der Waals surface area (Å²) < 4.78 is 11.6. The largest absolute Gasteiger partial charge is 0.454 e. The van der Waals surface area contributed by atoms with Crippen molar-refractivity contribution in [3.05, 3.63) is 44.6 Å². The van der Waals surface area contributed by atoms with Gasteiger partial charge in [-0.05, 0) is 39.7 Å². The summed E-state index contributed by atoms with van der Waals surface area (Å²) in [5.41, 5.74) is 1.71. The van der Waals surface area contributed by atoms with E-state index in [1.807, 2.05) is 29.6 Å². The van der Waals surface area contributed by atoms with Crippen LogP contribution in [0.15, 0.2) is 33.4 Å². The summed E-state index contributed by atoms with van der Waals surface area (Å²) in [4.78, 5) is 13.9. The van der Waals surface area contributed by atoms with E-state index in [-0.39, 0.29) is 12.7 Å². The highest BCUT2D eigenvalue weighted by molar-refractivity contribution is 9.11. The van der Waals surface area contributed by atoms with E-state index >= 15 is 0 Å². The van der Waals surface area contributed by atoms with Crippen molar-refractivity contribution in [2.45, 2.75) is 6.54 Å². The Hall–Kier alpha value is -1.53. The van der Waals surface area contributed by atoms with Gasteiger partial charge in [0.2, 0.25) is 6.79 Å². The molecule has 0 radical (unpaired) electrons. The molecule has 0 spiro atoms. The molecule has 0 fully saturated rings. The fourth-order valence-electron chi connectivity index (χ4n) is 2.03. The molecule has 6 heteroatoms. The van der Waals surface area contributed by atoms with Gasteiger partial charge in [-0.15, -0.1) is 11.3 Å². The third-order valence-corrected chi connectivity index (χ3v) is 4.52. The summed E-state index contributed by atoms with van der Waals surface area (Å²) in [5, 5.41) is 1.85. The Labute approximate surface area is 129 Å². The Bertz CT molecular complexity index is 656. The van der Waals surface area contributed by atoms with Gasteiger partial charge in [0.25, 0.3) is 5.91 Å². The first-order chi connectivity index (χ1) is 9.63. The Kier molecular flexibility index (Phi) is 3.67. The topological polar surface area (TPSA) is 38.8 Å². The van der Waals surface area contributed by atoms with Crippen molar-refractivity contribution in [1.29, 1.82) is 0 Å². The number of hydrogen-bond acceptors (Lipinski definition) is 4. The predicted molar refractivity (Wildman–Crippen MR) is 80.4 cm³/mol. The normalized spacial score (nSPS) is 12.5. The number of halogens is 1. The lowest BCUT2D eigenvalue weighted by Crippen LogP contribution is -2.25. The number of amides is 1. The summed E-state index contributed by atoms with van der Waals surface area (Å²) in [6.07, 6.45) is 0. The van der Waals surface area contributed by atoms with Gasteiger partial charge in [-0.25, -0.2) is 0 Å². The number of fused-ring (bicyclic) bond motifs is 1. The Morgan fingerprint density at radius 2 is 2.15 bits per heavy atom. The van der Waals surface area contributed by atoms with Crippen molar-refractivity contribution < 1.29 is 14.3 Å². The molecular formula is C14H12BrNO3S. The van der Waals surface area contributed by atoms with Crippen LogP contribution in [0.2, 0.25) is 0 Å². The van der Waals surface area contributed by atoms with Gasteiger partial charge in [-0.2, -0.15) is 0 Å². The SMILES string of the molecule is CN(Cc1ccc2c(c1)OCO2)C(=O)c1csc(Br)c1. The van der Waals surface area contributed by atoms with E-state index in [4.69, 9.17) is 9.47 Å². The molecule has 4 nitrogen and oxygen atoms in total. The first kappa shape index (κ1) is 13.5. The molecule has 104 valence electrons. The maximum atomic E-state index is 12.3. The van der Waals surface area contributed by atoms with Crippen molar-refractivity contribution in [3.63, 3.8) is 0 Å². The van der Waals surface area contributed by atoms with Gasteiger partial charge in [0.15, 0.2) is 11.5 Å². The highest BCUT2D eigenvalue weighted by Crippen LogP contribution is 2.32.